The Morgan fingerprint density at radius 2 is 1.46 bits per heavy atom. The lowest BCUT2D eigenvalue weighted by Gasteiger charge is -2.25. The van der Waals surface area contributed by atoms with Crippen molar-refractivity contribution in [1.29, 1.82) is 0 Å². The molecular formula is C30H30O9. The smallest absolute Gasteiger partial charge is 0.338 e. The molecule has 0 spiro atoms. The first kappa shape index (κ1) is 27.5. The Hall–Kier alpha value is -4.50. The zero-order chi connectivity index (χ0) is 28.2. The molecule has 9 heteroatoms. The predicted octanol–water partition coefficient (Wildman–Crippen LogP) is 4.60. The predicted molar refractivity (Wildman–Crippen MR) is 144 cm³/mol. The second-order valence-electron chi connectivity index (χ2n) is 8.60. The summed E-state index contributed by atoms with van der Waals surface area (Å²) >= 11 is 0. The van der Waals surface area contributed by atoms with Gasteiger partial charge in [-0.25, -0.2) is 4.79 Å². The van der Waals surface area contributed by atoms with E-state index in [1.165, 1.54) is 28.4 Å². The highest BCUT2D eigenvalue weighted by Crippen LogP contribution is 2.50. The summed E-state index contributed by atoms with van der Waals surface area (Å²) in [5.74, 6) is -0.846. The van der Waals surface area contributed by atoms with Gasteiger partial charge in [-0.3, -0.25) is 4.79 Å². The van der Waals surface area contributed by atoms with Crippen molar-refractivity contribution in [3.8, 4) is 28.7 Å². The van der Waals surface area contributed by atoms with Crippen LogP contribution in [0, 0.1) is 0 Å². The van der Waals surface area contributed by atoms with E-state index in [2.05, 4.69) is 0 Å². The number of ketones is 1. The van der Waals surface area contributed by atoms with Gasteiger partial charge in [-0.1, -0.05) is 24.3 Å². The van der Waals surface area contributed by atoms with Gasteiger partial charge in [0.25, 0.3) is 5.79 Å². The molecule has 204 valence electrons. The molecule has 0 saturated heterocycles. The topological polar surface area (TPSA) is 98.8 Å². The third-order valence-corrected chi connectivity index (χ3v) is 6.51. The lowest BCUT2D eigenvalue weighted by atomic mass is 9.93. The molecule has 1 heterocycles. The van der Waals surface area contributed by atoms with Gasteiger partial charge in [0.05, 0.1) is 46.7 Å². The maximum absolute atomic E-state index is 14.0. The molecule has 0 radical (unpaired) electrons. The zero-order valence-corrected chi connectivity index (χ0v) is 22.7. The first-order chi connectivity index (χ1) is 18.8. The molecule has 4 rings (SSSR count). The minimum Gasteiger partial charge on any atom is -0.497 e. The molecule has 1 aliphatic rings. The molecule has 0 aromatic heterocycles. The molecule has 1 unspecified atom stereocenters. The van der Waals surface area contributed by atoms with Crippen LogP contribution in [-0.4, -0.2) is 60.2 Å². The number of hydrogen-bond acceptors (Lipinski definition) is 9. The van der Waals surface area contributed by atoms with E-state index in [1.54, 1.807) is 62.8 Å². The SMILES string of the molecule is COC(=O)C(=Cc1ccc(OC)cc1)c1c(OC)cc2c(c1OC)C(=O)C(Cc1ccc(OC)cc1)(OC)O2. The number of rotatable bonds is 10. The molecular weight excluding hydrogens is 504 g/mol. The fraction of sp³-hybridized carbons (Fsp3) is 0.267. The maximum atomic E-state index is 14.0. The van der Waals surface area contributed by atoms with Gasteiger partial charge < -0.3 is 33.2 Å². The number of carbonyl (C=O) groups is 2. The molecule has 1 aliphatic heterocycles. The van der Waals surface area contributed by atoms with E-state index in [-0.39, 0.29) is 40.4 Å². The van der Waals surface area contributed by atoms with Gasteiger partial charge in [-0.2, -0.15) is 0 Å². The van der Waals surface area contributed by atoms with Crippen LogP contribution in [-0.2, 0) is 20.7 Å². The van der Waals surface area contributed by atoms with Gasteiger partial charge in [-0.05, 0) is 41.5 Å². The van der Waals surface area contributed by atoms with Gasteiger partial charge in [0.15, 0.2) is 0 Å². The first-order valence-electron chi connectivity index (χ1n) is 12.0. The van der Waals surface area contributed by atoms with Crippen LogP contribution in [0.15, 0.2) is 54.6 Å². The quantitative estimate of drug-likeness (QED) is 0.210. The van der Waals surface area contributed by atoms with Crippen molar-refractivity contribution in [3.05, 3.63) is 76.9 Å². The normalized spacial score (nSPS) is 16.3. The molecule has 0 aliphatic carbocycles. The molecule has 0 bridgehead atoms. The second-order valence-corrected chi connectivity index (χ2v) is 8.60. The number of esters is 1. The summed E-state index contributed by atoms with van der Waals surface area (Å²) in [6, 6.07) is 15.9. The van der Waals surface area contributed by atoms with Gasteiger partial charge in [0.2, 0.25) is 5.78 Å². The summed E-state index contributed by atoms with van der Waals surface area (Å²) < 4.78 is 38.8. The van der Waals surface area contributed by atoms with Crippen LogP contribution >= 0.6 is 0 Å². The second kappa shape index (κ2) is 11.5. The Balaban J connectivity index is 1.86. The average molecular weight is 535 g/mol. The number of methoxy groups -OCH3 is 6. The van der Waals surface area contributed by atoms with Crippen molar-refractivity contribution in [2.45, 2.75) is 12.2 Å². The average Bonchev–Trinajstić information content (AvgIpc) is 3.26. The largest absolute Gasteiger partial charge is 0.497 e. The Bertz CT molecular complexity index is 1390. The Morgan fingerprint density at radius 3 is 1.97 bits per heavy atom. The summed E-state index contributed by atoms with van der Waals surface area (Å²) in [4.78, 5) is 27.0. The fourth-order valence-corrected chi connectivity index (χ4v) is 4.49. The van der Waals surface area contributed by atoms with Crippen molar-refractivity contribution in [2.24, 2.45) is 0 Å². The van der Waals surface area contributed by atoms with Crippen molar-refractivity contribution >= 4 is 23.4 Å². The maximum Gasteiger partial charge on any atom is 0.338 e. The van der Waals surface area contributed by atoms with Crippen LogP contribution in [0.25, 0.3) is 11.6 Å². The summed E-state index contributed by atoms with van der Waals surface area (Å²) in [6.07, 6.45) is 1.74. The molecule has 39 heavy (non-hydrogen) atoms. The number of benzene rings is 3. The van der Waals surface area contributed by atoms with Gasteiger partial charge in [0.1, 0.15) is 34.3 Å². The molecule has 0 amide bonds. The molecule has 0 N–H and O–H groups in total. The van der Waals surface area contributed by atoms with E-state index in [9.17, 15) is 9.59 Å². The van der Waals surface area contributed by atoms with Crippen LogP contribution in [0.1, 0.15) is 27.0 Å². The highest BCUT2D eigenvalue weighted by atomic mass is 16.7. The van der Waals surface area contributed by atoms with E-state index in [0.717, 1.165) is 5.56 Å². The molecule has 0 saturated carbocycles. The standard InChI is InChI=1S/C30H30O9/c1-33-20-11-7-18(8-12-20)15-22(29(32)37-5)25-23(35-3)16-24-26(27(25)36-4)28(31)30(38-6,39-24)17-19-9-13-21(34-2)14-10-19/h7-16H,17H2,1-6H3. The molecule has 3 aromatic carbocycles. The Kier molecular flexibility index (Phi) is 8.11. The third kappa shape index (κ3) is 5.13. The van der Waals surface area contributed by atoms with E-state index in [1.807, 2.05) is 12.1 Å². The van der Waals surface area contributed by atoms with Crippen LogP contribution < -0.4 is 23.7 Å². The van der Waals surface area contributed by atoms with Crippen LogP contribution in [0.2, 0.25) is 0 Å². The van der Waals surface area contributed by atoms with Crippen LogP contribution in [0.4, 0.5) is 0 Å². The van der Waals surface area contributed by atoms with Gasteiger partial charge in [0, 0.05) is 19.6 Å². The van der Waals surface area contributed by atoms with Crippen molar-refractivity contribution in [3.63, 3.8) is 0 Å². The van der Waals surface area contributed by atoms with Crippen LogP contribution in [0.3, 0.4) is 0 Å². The van der Waals surface area contributed by atoms with Crippen molar-refractivity contribution in [2.75, 3.05) is 42.7 Å². The number of ether oxygens (including phenoxy) is 7. The number of Topliss-reactive ketones (excluding diaryl/α,β-unsaturated/α-hetero) is 1. The van der Waals surface area contributed by atoms with Crippen LogP contribution in [0.5, 0.6) is 28.7 Å². The van der Waals surface area contributed by atoms with E-state index in [0.29, 0.717) is 17.1 Å². The third-order valence-electron chi connectivity index (χ3n) is 6.51. The van der Waals surface area contributed by atoms with E-state index >= 15 is 0 Å². The van der Waals surface area contributed by atoms with E-state index in [4.69, 9.17) is 33.2 Å². The summed E-state index contributed by atoms with van der Waals surface area (Å²) in [6.45, 7) is 0. The molecule has 3 aromatic rings. The minimum atomic E-state index is -1.65. The highest BCUT2D eigenvalue weighted by Gasteiger charge is 2.51. The fourth-order valence-electron chi connectivity index (χ4n) is 4.49. The van der Waals surface area contributed by atoms with Crippen molar-refractivity contribution in [1.82, 2.24) is 0 Å². The Morgan fingerprint density at radius 1 is 0.846 bits per heavy atom. The summed E-state index contributed by atoms with van der Waals surface area (Å²) in [5.41, 5.74) is 1.98. The van der Waals surface area contributed by atoms with Gasteiger partial charge in [-0.15, -0.1) is 0 Å². The van der Waals surface area contributed by atoms with E-state index < -0.39 is 17.5 Å². The molecule has 9 nitrogen and oxygen atoms in total. The number of hydrogen-bond donors (Lipinski definition) is 0. The number of carbonyl (C=O) groups excluding carboxylic acids is 2. The molecule has 0 fully saturated rings. The number of fused-ring (bicyclic) bond motifs is 1. The Labute approximate surface area is 226 Å². The summed E-state index contributed by atoms with van der Waals surface area (Å²) in [5, 5.41) is 0. The van der Waals surface area contributed by atoms with Crippen molar-refractivity contribution < 1.29 is 42.7 Å². The van der Waals surface area contributed by atoms with Gasteiger partial charge >= 0.3 is 5.97 Å². The monoisotopic (exact) mass is 534 g/mol. The summed E-state index contributed by atoms with van der Waals surface area (Å²) in [7, 11) is 8.68. The minimum absolute atomic E-state index is 0.105. The zero-order valence-electron chi connectivity index (χ0n) is 22.7. The molecule has 1 atom stereocenters. The lowest BCUT2D eigenvalue weighted by molar-refractivity contribution is -0.133. The highest BCUT2D eigenvalue weighted by molar-refractivity contribution is 6.24. The first-order valence-corrected chi connectivity index (χ1v) is 12.0. The lowest BCUT2D eigenvalue weighted by Crippen LogP contribution is -2.44.